The lowest BCUT2D eigenvalue weighted by atomic mass is 9.90. The van der Waals surface area contributed by atoms with Gasteiger partial charge in [0.05, 0.1) is 0 Å². The van der Waals surface area contributed by atoms with E-state index in [-0.39, 0.29) is 5.91 Å². The Morgan fingerprint density at radius 1 is 1.18 bits per heavy atom. The normalized spacial score (nSPS) is 20.1. The van der Waals surface area contributed by atoms with Gasteiger partial charge in [-0.15, -0.1) is 0 Å². The second kappa shape index (κ2) is 10.1. The van der Waals surface area contributed by atoms with E-state index < -0.39 is 0 Å². The van der Waals surface area contributed by atoms with Crippen LogP contribution in [0.4, 0.5) is 0 Å². The van der Waals surface area contributed by atoms with Gasteiger partial charge >= 0.3 is 0 Å². The molecule has 1 fully saturated rings. The van der Waals surface area contributed by atoms with Crippen LogP contribution in [0.5, 0.6) is 0 Å². The molecule has 0 aromatic carbocycles. The van der Waals surface area contributed by atoms with Gasteiger partial charge in [0.2, 0.25) is 0 Å². The molecule has 0 radical (unpaired) electrons. The van der Waals surface area contributed by atoms with Crippen molar-refractivity contribution in [3.8, 4) is 0 Å². The summed E-state index contributed by atoms with van der Waals surface area (Å²) in [5, 5.41) is 4.77. The second-order valence-corrected chi connectivity index (χ2v) is 9.12. The first kappa shape index (κ1) is 21.7. The van der Waals surface area contributed by atoms with Crippen LogP contribution < -0.4 is 0 Å². The van der Waals surface area contributed by atoms with Crippen LogP contribution in [-0.4, -0.2) is 94.3 Å². The first-order valence-corrected chi connectivity index (χ1v) is 12.1. The van der Waals surface area contributed by atoms with Gasteiger partial charge in [0.25, 0.3) is 5.91 Å². The van der Waals surface area contributed by atoms with Gasteiger partial charge in [0.1, 0.15) is 0 Å². The van der Waals surface area contributed by atoms with Crippen molar-refractivity contribution in [1.29, 1.82) is 0 Å². The fourth-order valence-corrected chi connectivity index (χ4v) is 5.32. The summed E-state index contributed by atoms with van der Waals surface area (Å²) >= 11 is 1.94. The predicted molar refractivity (Wildman–Crippen MR) is 117 cm³/mol. The van der Waals surface area contributed by atoms with Crippen LogP contribution in [0.1, 0.15) is 48.9 Å². The Labute approximate surface area is 174 Å². The molecule has 2 aliphatic rings. The summed E-state index contributed by atoms with van der Waals surface area (Å²) < 4.78 is 2.08. The number of carbonyl (C=O) groups excluding carboxylic acids is 1. The van der Waals surface area contributed by atoms with Crippen molar-refractivity contribution in [1.82, 2.24) is 24.5 Å². The highest BCUT2D eigenvalue weighted by molar-refractivity contribution is 7.99. The third-order valence-electron chi connectivity index (χ3n) is 6.41. The van der Waals surface area contributed by atoms with Crippen LogP contribution >= 0.6 is 11.8 Å². The van der Waals surface area contributed by atoms with Crippen LogP contribution in [0.15, 0.2) is 0 Å². The predicted octanol–water partition coefficient (Wildman–Crippen LogP) is 2.22. The minimum atomic E-state index is 0.148. The van der Waals surface area contributed by atoms with Crippen molar-refractivity contribution in [3.63, 3.8) is 0 Å². The number of carbonyl (C=O) groups is 1. The van der Waals surface area contributed by atoms with E-state index in [4.69, 9.17) is 5.10 Å². The van der Waals surface area contributed by atoms with Crippen LogP contribution in [0.25, 0.3) is 0 Å². The number of fused-ring (bicyclic) bond motifs is 1. The second-order valence-electron chi connectivity index (χ2n) is 7.90. The Hall–Kier alpha value is -1.05. The SMILES string of the molecule is CCN(CC)CCN(C)C1CCc2c(c(C(=O)N3CCSCC3)nn2CC)C1. The Balaban J connectivity index is 1.73. The summed E-state index contributed by atoms with van der Waals surface area (Å²) in [6, 6.07) is 0.501. The maximum absolute atomic E-state index is 13.2. The molecular formula is C21H37N5OS. The number of hydrogen-bond donors (Lipinski definition) is 0. The van der Waals surface area contributed by atoms with Crippen LogP contribution in [0.3, 0.4) is 0 Å². The number of thioether (sulfide) groups is 1. The third kappa shape index (κ3) is 4.74. The minimum absolute atomic E-state index is 0.148. The molecule has 1 aromatic rings. The van der Waals surface area contributed by atoms with Crippen molar-refractivity contribution in [2.24, 2.45) is 0 Å². The maximum atomic E-state index is 13.2. The minimum Gasteiger partial charge on any atom is -0.336 e. The van der Waals surface area contributed by atoms with Crippen molar-refractivity contribution in [2.45, 2.75) is 52.6 Å². The molecule has 1 atom stereocenters. The molecule has 7 heteroatoms. The highest BCUT2D eigenvalue weighted by atomic mass is 32.2. The average molecular weight is 408 g/mol. The van der Waals surface area contributed by atoms with E-state index in [0.717, 1.165) is 82.3 Å². The number of nitrogens with zero attached hydrogens (tertiary/aromatic N) is 5. The number of rotatable bonds is 8. The van der Waals surface area contributed by atoms with E-state index >= 15 is 0 Å². The first-order chi connectivity index (χ1) is 13.6. The average Bonchev–Trinajstić information content (AvgIpc) is 3.12. The van der Waals surface area contributed by atoms with Gasteiger partial charge in [0, 0.05) is 61.5 Å². The van der Waals surface area contributed by atoms with Crippen LogP contribution in [0.2, 0.25) is 0 Å². The fraction of sp³-hybridized carbons (Fsp3) is 0.810. The summed E-state index contributed by atoms with van der Waals surface area (Å²) in [4.78, 5) is 20.2. The van der Waals surface area contributed by atoms with Crippen molar-refractivity contribution >= 4 is 17.7 Å². The number of hydrogen-bond acceptors (Lipinski definition) is 5. The molecule has 28 heavy (non-hydrogen) atoms. The summed E-state index contributed by atoms with van der Waals surface area (Å²) in [5.74, 6) is 2.23. The van der Waals surface area contributed by atoms with E-state index in [1.54, 1.807) is 0 Å². The third-order valence-corrected chi connectivity index (χ3v) is 7.35. The highest BCUT2D eigenvalue weighted by Gasteiger charge is 2.32. The molecule has 0 N–H and O–H groups in total. The lowest BCUT2D eigenvalue weighted by Crippen LogP contribution is -2.42. The molecule has 158 valence electrons. The lowest BCUT2D eigenvalue weighted by molar-refractivity contribution is 0.0763. The van der Waals surface area contributed by atoms with Gasteiger partial charge in [-0.3, -0.25) is 9.48 Å². The molecule has 1 amide bonds. The van der Waals surface area contributed by atoms with Gasteiger partial charge in [-0.1, -0.05) is 13.8 Å². The Morgan fingerprint density at radius 3 is 2.54 bits per heavy atom. The van der Waals surface area contributed by atoms with Gasteiger partial charge in [-0.25, -0.2) is 0 Å². The summed E-state index contributed by atoms with van der Waals surface area (Å²) in [6.45, 7) is 13.5. The Kier molecular flexibility index (Phi) is 7.83. The molecule has 1 aliphatic carbocycles. The number of aryl methyl sites for hydroxylation is 1. The maximum Gasteiger partial charge on any atom is 0.274 e. The molecule has 3 rings (SSSR count). The van der Waals surface area contributed by atoms with E-state index in [2.05, 4.69) is 42.3 Å². The molecule has 1 saturated heterocycles. The zero-order valence-electron chi connectivity index (χ0n) is 18.1. The van der Waals surface area contributed by atoms with Gasteiger partial charge in [-0.2, -0.15) is 16.9 Å². The van der Waals surface area contributed by atoms with Crippen molar-refractivity contribution in [2.75, 3.05) is 57.8 Å². The Morgan fingerprint density at radius 2 is 1.89 bits per heavy atom. The molecule has 1 unspecified atom stereocenters. The van der Waals surface area contributed by atoms with E-state index in [0.29, 0.717) is 6.04 Å². The molecule has 0 saturated carbocycles. The standard InChI is InChI=1S/C21H37N5OS/c1-5-24(6-2)11-10-23(4)17-8-9-19-18(16-17)20(22-26(19)7-3)21(27)25-12-14-28-15-13-25/h17H,5-16H2,1-4H3. The quantitative estimate of drug-likeness (QED) is 0.661. The first-order valence-electron chi connectivity index (χ1n) is 11.0. The topological polar surface area (TPSA) is 44.6 Å². The number of amides is 1. The van der Waals surface area contributed by atoms with Crippen molar-refractivity contribution in [3.05, 3.63) is 17.0 Å². The van der Waals surface area contributed by atoms with E-state index in [1.807, 2.05) is 16.7 Å². The van der Waals surface area contributed by atoms with E-state index in [9.17, 15) is 4.79 Å². The molecule has 1 aromatic heterocycles. The van der Waals surface area contributed by atoms with E-state index in [1.165, 1.54) is 11.3 Å². The zero-order valence-corrected chi connectivity index (χ0v) is 18.9. The molecule has 6 nitrogen and oxygen atoms in total. The molecule has 0 bridgehead atoms. The van der Waals surface area contributed by atoms with Crippen molar-refractivity contribution < 1.29 is 4.79 Å². The number of likely N-dealkylation sites (N-methyl/N-ethyl adjacent to an activating group) is 2. The summed E-state index contributed by atoms with van der Waals surface area (Å²) in [5.41, 5.74) is 3.24. The smallest absolute Gasteiger partial charge is 0.274 e. The molecular weight excluding hydrogens is 370 g/mol. The van der Waals surface area contributed by atoms with Crippen LogP contribution in [-0.2, 0) is 19.4 Å². The van der Waals surface area contributed by atoms with Gasteiger partial charge < -0.3 is 14.7 Å². The lowest BCUT2D eigenvalue weighted by Gasteiger charge is -2.33. The largest absolute Gasteiger partial charge is 0.336 e. The van der Waals surface area contributed by atoms with Crippen LogP contribution in [0, 0.1) is 0 Å². The molecule has 1 aliphatic heterocycles. The highest BCUT2D eigenvalue weighted by Crippen LogP contribution is 2.28. The number of aromatic nitrogens is 2. The fourth-order valence-electron chi connectivity index (χ4n) is 4.42. The summed E-state index contributed by atoms with van der Waals surface area (Å²) in [6.07, 6.45) is 3.13. The molecule has 0 spiro atoms. The van der Waals surface area contributed by atoms with Gasteiger partial charge in [0.15, 0.2) is 5.69 Å². The van der Waals surface area contributed by atoms with Gasteiger partial charge in [-0.05, 0) is 46.3 Å². The zero-order chi connectivity index (χ0) is 20.1. The Bertz CT molecular complexity index is 651. The summed E-state index contributed by atoms with van der Waals surface area (Å²) in [7, 11) is 2.24. The monoisotopic (exact) mass is 407 g/mol. The molecule has 2 heterocycles.